The van der Waals surface area contributed by atoms with Gasteiger partial charge in [0, 0.05) is 43.0 Å². The van der Waals surface area contributed by atoms with Crippen molar-refractivity contribution in [1.29, 1.82) is 0 Å². The quantitative estimate of drug-likeness (QED) is 0.929. The molecule has 2 aliphatic rings. The van der Waals surface area contributed by atoms with Gasteiger partial charge in [0.15, 0.2) is 0 Å². The predicted molar refractivity (Wildman–Crippen MR) is 81.4 cm³/mol. The zero-order valence-electron chi connectivity index (χ0n) is 11.7. The van der Waals surface area contributed by atoms with Crippen LogP contribution in [0.15, 0.2) is 36.7 Å². The molecule has 2 heterocycles. The van der Waals surface area contributed by atoms with Gasteiger partial charge in [-0.3, -0.25) is 9.88 Å². The second-order valence-electron chi connectivity index (χ2n) is 6.23. The first kappa shape index (κ1) is 12.3. The number of hydrogen-bond acceptors (Lipinski definition) is 3. The van der Waals surface area contributed by atoms with Crippen LogP contribution in [0.3, 0.4) is 0 Å². The number of benzene rings is 1. The fraction of sp³-hybridized carbons (Fsp3) is 0.471. The lowest BCUT2D eigenvalue weighted by molar-refractivity contribution is 0.154. The molecule has 2 N–H and O–H groups in total. The number of fused-ring (bicyclic) bond motifs is 3. The van der Waals surface area contributed by atoms with Crippen LogP contribution in [0, 0.1) is 5.92 Å². The number of rotatable bonds is 3. The van der Waals surface area contributed by atoms with Crippen molar-refractivity contribution in [3.05, 3.63) is 42.2 Å². The zero-order valence-corrected chi connectivity index (χ0v) is 11.7. The van der Waals surface area contributed by atoms with E-state index in [0.717, 1.165) is 12.0 Å². The molecule has 3 heteroatoms. The maximum Gasteiger partial charge on any atom is 0.0494 e. The molecule has 2 fully saturated rings. The molecule has 2 bridgehead atoms. The van der Waals surface area contributed by atoms with E-state index in [1.807, 2.05) is 12.4 Å². The summed E-state index contributed by atoms with van der Waals surface area (Å²) < 4.78 is 0. The Morgan fingerprint density at radius 2 is 2.15 bits per heavy atom. The van der Waals surface area contributed by atoms with Gasteiger partial charge >= 0.3 is 0 Å². The first-order valence-corrected chi connectivity index (χ1v) is 7.65. The monoisotopic (exact) mass is 267 g/mol. The Balaban J connectivity index is 1.76. The van der Waals surface area contributed by atoms with Crippen molar-refractivity contribution < 1.29 is 0 Å². The Bertz CT molecular complexity index is 619. The number of piperidine rings is 1. The van der Waals surface area contributed by atoms with E-state index in [1.54, 1.807) is 0 Å². The van der Waals surface area contributed by atoms with Gasteiger partial charge in [0.2, 0.25) is 0 Å². The summed E-state index contributed by atoms with van der Waals surface area (Å²) in [6.45, 7) is 1.90. The number of likely N-dealkylation sites (tertiary alicyclic amines) is 1. The summed E-state index contributed by atoms with van der Waals surface area (Å²) in [4.78, 5) is 7.07. The van der Waals surface area contributed by atoms with Gasteiger partial charge in [-0.1, -0.05) is 24.3 Å². The van der Waals surface area contributed by atoms with Crippen LogP contribution in [0.5, 0.6) is 0 Å². The predicted octanol–water partition coefficient (Wildman–Crippen LogP) is 2.72. The third kappa shape index (κ3) is 1.85. The standard InChI is InChI=1S/C17H21N3/c18-8-17(20-11-12-5-6-14(20)7-12)16-10-19-9-13-3-1-2-4-15(13)16/h1-4,9-10,12,14,17H,5-8,11,18H2. The van der Waals surface area contributed by atoms with Crippen LogP contribution in [0.25, 0.3) is 10.8 Å². The summed E-state index contributed by atoms with van der Waals surface area (Å²) in [6.07, 6.45) is 8.09. The summed E-state index contributed by atoms with van der Waals surface area (Å²) in [5, 5.41) is 2.52. The smallest absolute Gasteiger partial charge is 0.0494 e. The van der Waals surface area contributed by atoms with Crippen molar-refractivity contribution in [2.45, 2.75) is 31.3 Å². The Hall–Kier alpha value is -1.45. The van der Waals surface area contributed by atoms with Crippen molar-refractivity contribution >= 4 is 10.8 Å². The molecule has 1 aliphatic carbocycles. The first-order chi connectivity index (χ1) is 9.86. The molecule has 1 saturated carbocycles. The minimum absolute atomic E-state index is 0.323. The number of pyridine rings is 1. The van der Waals surface area contributed by atoms with E-state index in [4.69, 9.17) is 5.73 Å². The highest BCUT2D eigenvalue weighted by molar-refractivity contribution is 5.85. The molecule has 0 amide bonds. The fourth-order valence-corrected chi connectivity index (χ4v) is 4.19. The van der Waals surface area contributed by atoms with Crippen LogP contribution < -0.4 is 5.73 Å². The lowest BCUT2D eigenvalue weighted by Crippen LogP contribution is -2.39. The van der Waals surface area contributed by atoms with Crippen LogP contribution in [-0.4, -0.2) is 29.0 Å². The Labute approximate surface area is 119 Å². The summed E-state index contributed by atoms with van der Waals surface area (Å²) in [5.41, 5.74) is 7.44. The van der Waals surface area contributed by atoms with Gasteiger partial charge in [-0.15, -0.1) is 0 Å². The molecule has 0 spiro atoms. The molecule has 2 aromatic rings. The molecule has 1 aliphatic heterocycles. The summed E-state index contributed by atoms with van der Waals surface area (Å²) in [5.74, 6) is 0.900. The Morgan fingerprint density at radius 3 is 2.90 bits per heavy atom. The van der Waals surface area contributed by atoms with Gasteiger partial charge in [-0.05, 0) is 36.1 Å². The zero-order chi connectivity index (χ0) is 13.5. The van der Waals surface area contributed by atoms with Gasteiger partial charge in [0.1, 0.15) is 0 Å². The van der Waals surface area contributed by atoms with Crippen molar-refractivity contribution in [2.75, 3.05) is 13.1 Å². The highest BCUT2D eigenvalue weighted by Crippen LogP contribution is 2.42. The number of nitrogens with zero attached hydrogens (tertiary/aromatic N) is 2. The molecule has 3 unspecified atom stereocenters. The van der Waals surface area contributed by atoms with Gasteiger partial charge in [-0.2, -0.15) is 0 Å². The van der Waals surface area contributed by atoms with Gasteiger partial charge in [0.25, 0.3) is 0 Å². The molecule has 3 nitrogen and oxygen atoms in total. The van der Waals surface area contributed by atoms with Crippen LogP contribution in [0.2, 0.25) is 0 Å². The molecule has 104 valence electrons. The van der Waals surface area contributed by atoms with E-state index < -0.39 is 0 Å². The highest BCUT2D eigenvalue weighted by atomic mass is 15.2. The lowest BCUT2D eigenvalue weighted by Gasteiger charge is -2.35. The van der Waals surface area contributed by atoms with Crippen LogP contribution >= 0.6 is 0 Å². The van der Waals surface area contributed by atoms with Gasteiger partial charge in [-0.25, -0.2) is 0 Å². The van der Waals surface area contributed by atoms with Crippen molar-refractivity contribution in [3.8, 4) is 0 Å². The molecule has 1 aromatic carbocycles. The normalized spacial score (nSPS) is 27.2. The lowest BCUT2D eigenvalue weighted by atomic mass is 9.98. The number of aromatic nitrogens is 1. The number of nitrogens with two attached hydrogens (primary N) is 1. The molecule has 0 radical (unpaired) electrons. The van der Waals surface area contributed by atoms with E-state index in [2.05, 4.69) is 34.1 Å². The molecule has 3 atom stereocenters. The van der Waals surface area contributed by atoms with Gasteiger partial charge in [0.05, 0.1) is 0 Å². The summed E-state index contributed by atoms with van der Waals surface area (Å²) >= 11 is 0. The van der Waals surface area contributed by atoms with Crippen molar-refractivity contribution in [2.24, 2.45) is 11.7 Å². The third-order valence-electron chi connectivity index (χ3n) is 5.13. The molecule has 1 aromatic heterocycles. The fourth-order valence-electron chi connectivity index (χ4n) is 4.19. The molecule has 20 heavy (non-hydrogen) atoms. The first-order valence-electron chi connectivity index (χ1n) is 7.65. The van der Waals surface area contributed by atoms with E-state index in [1.165, 1.54) is 42.1 Å². The molecular weight excluding hydrogens is 246 g/mol. The van der Waals surface area contributed by atoms with E-state index in [9.17, 15) is 0 Å². The second-order valence-corrected chi connectivity index (χ2v) is 6.23. The minimum atomic E-state index is 0.323. The average molecular weight is 267 g/mol. The molecule has 1 saturated heterocycles. The van der Waals surface area contributed by atoms with E-state index in [0.29, 0.717) is 12.6 Å². The third-order valence-corrected chi connectivity index (χ3v) is 5.13. The maximum atomic E-state index is 6.14. The molecule has 4 rings (SSSR count). The molecular formula is C17H21N3. The Kier molecular flexibility index (Phi) is 2.97. The summed E-state index contributed by atoms with van der Waals surface area (Å²) in [6, 6.07) is 9.58. The SMILES string of the molecule is NCC(c1cncc2ccccc12)N1CC2CCC1C2. The van der Waals surface area contributed by atoms with Crippen LogP contribution in [0.4, 0.5) is 0 Å². The Morgan fingerprint density at radius 1 is 1.25 bits per heavy atom. The van der Waals surface area contributed by atoms with Gasteiger partial charge < -0.3 is 5.73 Å². The average Bonchev–Trinajstić information content (AvgIpc) is 3.11. The minimum Gasteiger partial charge on any atom is -0.329 e. The van der Waals surface area contributed by atoms with Crippen LogP contribution in [0.1, 0.15) is 30.9 Å². The van der Waals surface area contributed by atoms with Crippen molar-refractivity contribution in [1.82, 2.24) is 9.88 Å². The van der Waals surface area contributed by atoms with E-state index in [-0.39, 0.29) is 0 Å². The second kappa shape index (κ2) is 4.83. The summed E-state index contributed by atoms with van der Waals surface area (Å²) in [7, 11) is 0. The number of hydrogen-bond donors (Lipinski definition) is 1. The van der Waals surface area contributed by atoms with E-state index >= 15 is 0 Å². The highest BCUT2D eigenvalue weighted by Gasteiger charge is 2.41. The van der Waals surface area contributed by atoms with Crippen molar-refractivity contribution in [3.63, 3.8) is 0 Å². The maximum absolute atomic E-state index is 6.14. The van der Waals surface area contributed by atoms with Crippen LogP contribution in [-0.2, 0) is 0 Å². The largest absolute Gasteiger partial charge is 0.329 e. The topological polar surface area (TPSA) is 42.1 Å².